The summed E-state index contributed by atoms with van der Waals surface area (Å²) in [5.41, 5.74) is 4.96. The van der Waals surface area contributed by atoms with Crippen LogP contribution in [0.2, 0.25) is 0 Å². The quantitative estimate of drug-likeness (QED) is 0.671. The van der Waals surface area contributed by atoms with E-state index in [2.05, 4.69) is 17.3 Å². The lowest BCUT2D eigenvalue weighted by Crippen LogP contribution is -2.39. The fourth-order valence-corrected chi connectivity index (χ4v) is 1.88. The zero-order chi connectivity index (χ0) is 9.68. The predicted molar refractivity (Wildman–Crippen MR) is 52.5 cm³/mol. The minimum absolute atomic E-state index is 0.431. The summed E-state index contributed by atoms with van der Waals surface area (Å²) in [7, 11) is 2.11. The third kappa shape index (κ3) is 3.63. The molecule has 0 aliphatic heterocycles. The normalized spacial score (nSPS) is 18.0. The van der Waals surface area contributed by atoms with Crippen LogP contribution in [0.5, 0.6) is 0 Å². The van der Waals surface area contributed by atoms with Crippen LogP contribution in [-0.4, -0.2) is 37.1 Å². The molecular formula is C9H19N3O. The zero-order valence-corrected chi connectivity index (χ0v) is 8.25. The standard InChI is InChI=1S/C9H19N3O/c1-12(7-6-11-9(10)13)8-4-2-3-5-8/h8H,2-7H2,1H3,(H3,10,11,13). The van der Waals surface area contributed by atoms with Crippen LogP contribution in [0.1, 0.15) is 25.7 Å². The predicted octanol–water partition coefficient (Wildman–Crippen LogP) is 0.529. The third-order valence-corrected chi connectivity index (χ3v) is 2.71. The first kappa shape index (κ1) is 10.3. The van der Waals surface area contributed by atoms with E-state index in [4.69, 9.17) is 5.73 Å². The van der Waals surface area contributed by atoms with E-state index >= 15 is 0 Å². The highest BCUT2D eigenvalue weighted by Gasteiger charge is 2.18. The van der Waals surface area contributed by atoms with Gasteiger partial charge in [0.15, 0.2) is 0 Å². The number of nitrogens with two attached hydrogens (primary N) is 1. The summed E-state index contributed by atoms with van der Waals surface area (Å²) in [6.45, 7) is 1.55. The van der Waals surface area contributed by atoms with E-state index in [0.29, 0.717) is 6.54 Å². The van der Waals surface area contributed by atoms with Gasteiger partial charge in [0.05, 0.1) is 0 Å². The van der Waals surface area contributed by atoms with Gasteiger partial charge < -0.3 is 16.0 Å². The zero-order valence-electron chi connectivity index (χ0n) is 8.25. The summed E-state index contributed by atoms with van der Waals surface area (Å²) in [6.07, 6.45) is 5.29. The summed E-state index contributed by atoms with van der Waals surface area (Å²) in [6, 6.07) is 0.287. The van der Waals surface area contributed by atoms with E-state index in [1.807, 2.05) is 0 Å². The highest BCUT2D eigenvalue weighted by molar-refractivity contribution is 5.71. The van der Waals surface area contributed by atoms with Crippen LogP contribution in [0, 0.1) is 0 Å². The number of nitrogens with zero attached hydrogens (tertiary/aromatic N) is 1. The molecule has 0 spiro atoms. The van der Waals surface area contributed by atoms with E-state index in [-0.39, 0.29) is 0 Å². The molecule has 4 heteroatoms. The smallest absolute Gasteiger partial charge is 0.312 e. The maximum Gasteiger partial charge on any atom is 0.312 e. The van der Waals surface area contributed by atoms with Crippen molar-refractivity contribution >= 4 is 6.03 Å². The average Bonchev–Trinajstić information content (AvgIpc) is 2.55. The van der Waals surface area contributed by atoms with Crippen LogP contribution in [0.25, 0.3) is 0 Å². The Kier molecular flexibility index (Phi) is 4.02. The van der Waals surface area contributed by atoms with Gasteiger partial charge in [0, 0.05) is 19.1 Å². The number of urea groups is 1. The second-order valence-electron chi connectivity index (χ2n) is 3.71. The topological polar surface area (TPSA) is 58.4 Å². The van der Waals surface area contributed by atoms with Gasteiger partial charge in [-0.1, -0.05) is 12.8 Å². The number of amides is 2. The van der Waals surface area contributed by atoms with Crippen LogP contribution in [0.3, 0.4) is 0 Å². The average molecular weight is 185 g/mol. The molecule has 1 aliphatic rings. The molecule has 0 aromatic carbocycles. The van der Waals surface area contributed by atoms with Crippen molar-refractivity contribution in [3.05, 3.63) is 0 Å². The summed E-state index contributed by atoms with van der Waals surface area (Å²) in [4.78, 5) is 12.7. The number of hydrogen-bond acceptors (Lipinski definition) is 2. The van der Waals surface area contributed by atoms with Gasteiger partial charge in [-0.2, -0.15) is 0 Å². The SMILES string of the molecule is CN(CCNC(N)=O)C1CCCC1. The molecule has 0 saturated heterocycles. The van der Waals surface area contributed by atoms with E-state index < -0.39 is 6.03 Å². The largest absolute Gasteiger partial charge is 0.352 e. The van der Waals surface area contributed by atoms with Crippen molar-refractivity contribution in [2.24, 2.45) is 5.73 Å². The number of carbonyl (C=O) groups is 1. The van der Waals surface area contributed by atoms with Crippen LogP contribution in [-0.2, 0) is 0 Å². The van der Waals surface area contributed by atoms with Crippen LogP contribution >= 0.6 is 0 Å². The van der Waals surface area contributed by atoms with Gasteiger partial charge in [-0.3, -0.25) is 0 Å². The minimum Gasteiger partial charge on any atom is -0.352 e. The second kappa shape index (κ2) is 5.07. The van der Waals surface area contributed by atoms with Crippen LogP contribution in [0.15, 0.2) is 0 Å². The highest BCUT2D eigenvalue weighted by atomic mass is 16.2. The Labute approximate surface area is 79.5 Å². The number of carbonyl (C=O) groups excluding carboxylic acids is 1. The molecule has 0 heterocycles. The number of rotatable bonds is 4. The molecule has 13 heavy (non-hydrogen) atoms. The van der Waals surface area contributed by atoms with E-state index in [1.54, 1.807) is 0 Å². The molecule has 2 amide bonds. The van der Waals surface area contributed by atoms with Crippen molar-refractivity contribution in [1.82, 2.24) is 10.2 Å². The molecule has 0 atom stereocenters. The van der Waals surface area contributed by atoms with Crippen molar-refractivity contribution < 1.29 is 4.79 Å². The lowest BCUT2D eigenvalue weighted by atomic mass is 10.2. The van der Waals surface area contributed by atoms with Crippen molar-refractivity contribution in [3.8, 4) is 0 Å². The molecule has 4 nitrogen and oxygen atoms in total. The lowest BCUT2D eigenvalue weighted by Gasteiger charge is -2.23. The molecular weight excluding hydrogens is 166 g/mol. The Morgan fingerprint density at radius 3 is 2.69 bits per heavy atom. The maximum absolute atomic E-state index is 10.4. The molecule has 1 rings (SSSR count). The highest BCUT2D eigenvalue weighted by Crippen LogP contribution is 2.21. The number of hydrogen-bond donors (Lipinski definition) is 2. The molecule has 3 N–H and O–H groups in total. The fraction of sp³-hybridized carbons (Fsp3) is 0.889. The van der Waals surface area contributed by atoms with Gasteiger partial charge in [-0.05, 0) is 19.9 Å². The first-order chi connectivity index (χ1) is 6.20. The maximum atomic E-state index is 10.4. The van der Waals surface area contributed by atoms with Crippen molar-refractivity contribution in [3.63, 3.8) is 0 Å². The second-order valence-corrected chi connectivity index (χ2v) is 3.71. The fourth-order valence-electron chi connectivity index (χ4n) is 1.88. The van der Waals surface area contributed by atoms with Gasteiger partial charge in [0.2, 0.25) is 0 Å². The van der Waals surface area contributed by atoms with Crippen molar-refractivity contribution in [2.45, 2.75) is 31.7 Å². The molecule has 0 radical (unpaired) electrons. The summed E-state index contributed by atoms with van der Waals surface area (Å²) < 4.78 is 0. The van der Waals surface area contributed by atoms with Gasteiger partial charge >= 0.3 is 6.03 Å². The molecule has 0 unspecified atom stereocenters. The van der Waals surface area contributed by atoms with E-state index in [9.17, 15) is 4.79 Å². The first-order valence-corrected chi connectivity index (χ1v) is 4.93. The monoisotopic (exact) mass is 185 g/mol. The number of likely N-dealkylation sites (N-methyl/N-ethyl adjacent to an activating group) is 1. The molecule has 0 bridgehead atoms. The first-order valence-electron chi connectivity index (χ1n) is 4.93. The Morgan fingerprint density at radius 1 is 1.54 bits per heavy atom. The van der Waals surface area contributed by atoms with Crippen molar-refractivity contribution in [2.75, 3.05) is 20.1 Å². The van der Waals surface area contributed by atoms with Gasteiger partial charge in [-0.15, -0.1) is 0 Å². The molecule has 1 saturated carbocycles. The summed E-state index contributed by atoms with van der Waals surface area (Å²) in [5.74, 6) is 0. The lowest BCUT2D eigenvalue weighted by molar-refractivity contribution is 0.233. The van der Waals surface area contributed by atoms with Gasteiger partial charge in [-0.25, -0.2) is 4.79 Å². The molecule has 0 aromatic heterocycles. The van der Waals surface area contributed by atoms with E-state index in [0.717, 1.165) is 12.6 Å². The van der Waals surface area contributed by atoms with Crippen molar-refractivity contribution in [1.29, 1.82) is 0 Å². The Balaban J connectivity index is 2.09. The number of nitrogens with one attached hydrogen (secondary N) is 1. The van der Waals surface area contributed by atoms with Crippen LogP contribution < -0.4 is 11.1 Å². The minimum atomic E-state index is -0.431. The van der Waals surface area contributed by atoms with Crippen LogP contribution in [0.4, 0.5) is 4.79 Å². The molecule has 76 valence electrons. The summed E-state index contributed by atoms with van der Waals surface area (Å²) in [5, 5.41) is 2.60. The Morgan fingerprint density at radius 2 is 2.15 bits per heavy atom. The summed E-state index contributed by atoms with van der Waals surface area (Å²) >= 11 is 0. The Hall–Kier alpha value is -0.770. The third-order valence-electron chi connectivity index (χ3n) is 2.71. The van der Waals surface area contributed by atoms with Gasteiger partial charge in [0.25, 0.3) is 0 Å². The van der Waals surface area contributed by atoms with Gasteiger partial charge in [0.1, 0.15) is 0 Å². The Bertz CT molecular complexity index is 166. The number of primary amides is 1. The van der Waals surface area contributed by atoms with E-state index in [1.165, 1.54) is 25.7 Å². The molecule has 1 aliphatic carbocycles. The molecule has 1 fully saturated rings. The molecule has 0 aromatic rings.